The van der Waals surface area contributed by atoms with Crippen LogP contribution in [0.25, 0.3) is 0 Å². The van der Waals surface area contributed by atoms with Crippen LogP contribution in [0.2, 0.25) is 0 Å². The number of hydrogen-bond donors (Lipinski definition) is 2. The summed E-state index contributed by atoms with van der Waals surface area (Å²) in [6.07, 6.45) is 6.30. The molecular weight excluding hydrogens is 292 g/mol. The molecule has 1 aliphatic carbocycles. The van der Waals surface area contributed by atoms with E-state index in [-0.39, 0.29) is 23.9 Å². The number of rotatable bonds is 5. The number of amides is 2. The van der Waals surface area contributed by atoms with Gasteiger partial charge in [-0.2, -0.15) is 5.10 Å². The lowest BCUT2D eigenvalue weighted by molar-refractivity contribution is -0.122. The fourth-order valence-corrected chi connectivity index (χ4v) is 3.61. The summed E-state index contributed by atoms with van der Waals surface area (Å²) in [5, 5.41) is 10.3. The Kier molecular flexibility index (Phi) is 4.68. The molecule has 2 heterocycles. The normalized spacial score (nSPS) is 20.7. The van der Waals surface area contributed by atoms with E-state index in [0.717, 1.165) is 12.1 Å². The molecule has 2 N–H and O–H groups in total. The molecule has 1 fully saturated rings. The first-order chi connectivity index (χ1) is 11.0. The third-order valence-electron chi connectivity index (χ3n) is 4.68. The smallest absolute Gasteiger partial charge is 0.271 e. The second-order valence-corrected chi connectivity index (χ2v) is 7.15. The van der Waals surface area contributed by atoms with Crippen molar-refractivity contribution in [3.05, 3.63) is 17.5 Å². The van der Waals surface area contributed by atoms with Crippen LogP contribution in [-0.4, -0.2) is 33.7 Å². The Morgan fingerprint density at radius 3 is 2.74 bits per heavy atom. The lowest BCUT2D eigenvalue weighted by atomic mass is 10.0. The average Bonchev–Trinajstić information content (AvgIpc) is 3.13. The monoisotopic (exact) mass is 318 g/mol. The third kappa shape index (κ3) is 3.92. The molecule has 0 bridgehead atoms. The zero-order chi connectivity index (χ0) is 16.4. The summed E-state index contributed by atoms with van der Waals surface area (Å²) in [5.74, 6) is 0.592. The van der Waals surface area contributed by atoms with Gasteiger partial charge in [0, 0.05) is 24.6 Å². The van der Waals surface area contributed by atoms with Gasteiger partial charge in [0.05, 0.1) is 12.6 Å². The van der Waals surface area contributed by atoms with Crippen molar-refractivity contribution in [3.63, 3.8) is 0 Å². The van der Waals surface area contributed by atoms with Gasteiger partial charge in [-0.25, -0.2) is 0 Å². The summed E-state index contributed by atoms with van der Waals surface area (Å²) < 4.78 is 1.84. The van der Waals surface area contributed by atoms with Crippen LogP contribution < -0.4 is 10.6 Å². The predicted molar refractivity (Wildman–Crippen MR) is 87.0 cm³/mol. The minimum atomic E-state index is -0.135. The molecule has 0 radical (unpaired) electrons. The SMILES string of the molecule is CC(C)NC(=O)c1cc2n(n1)C[C@@H](NC(=O)CC1CCCC1)C2. The molecule has 0 saturated heterocycles. The van der Waals surface area contributed by atoms with Gasteiger partial charge in [-0.1, -0.05) is 12.8 Å². The van der Waals surface area contributed by atoms with Gasteiger partial charge in [-0.3, -0.25) is 14.3 Å². The summed E-state index contributed by atoms with van der Waals surface area (Å²) in [7, 11) is 0. The molecule has 1 atom stereocenters. The van der Waals surface area contributed by atoms with Crippen LogP contribution in [0.5, 0.6) is 0 Å². The van der Waals surface area contributed by atoms with E-state index < -0.39 is 0 Å². The van der Waals surface area contributed by atoms with E-state index >= 15 is 0 Å². The summed E-state index contributed by atoms with van der Waals surface area (Å²) in [4.78, 5) is 24.1. The molecule has 0 spiro atoms. The number of hydrogen-bond acceptors (Lipinski definition) is 3. The van der Waals surface area contributed by atoms with Crippen molar-refractivity contribution in [1.29, 1.82) is 0 Å². The maximum Gasteiger partial charge on any atom is 0.271 e. The molecule has 3 rings (SSSR count). The molecule has 23 heavy (non-hydrogen) atoms. The third-order valence-corrected chi connectivity index (χ3v) is 4.68. The van der Waals surface area contributed by atoms with Gasteiger partial charge < -0.3 is 10.6 Å². The van der Waals surface area contributed by atoms with E-state index in [1.807, 2.05) is 24.6 Å². The lowest BCUT2D eigenvalue weighted by Crippen LogP contribution is -2.37. The molecule has 6 nitrogen and oxygen atoms in total. The fourth-order valence-electron chi connectivity index (χ4n) is 3.61. The first kappa shape index (κ1) is 16.0. The Labute approximate surface area is 137 Å². The van der Waals surface area contributed by atoms with E-state index in [1.165, 1.54) is 25.7 Å². The molecule has 1 aromatic heterocycles. The molecule has 0 unspecified atom stereocenters. The molecular formula is C17H26N4O2. The van der Waals surface area contributed by atoms with E-state index in [9.17, 15) is 9.59 Å². The highest BCUT2D eigenvalue weighted by Crippen LogP contribution is 2.27. The number of carbonyl (C=O) groups excluding carboxylic acids is 2. The van der Waals surface area contributed by atoms with E-state index in [0.29, 0.717) is 24.6 Å². The van der Waals surface area contributed by atoms with Crippen LogP contribution in [0, 0.1) is 5.92 Å². The summed E-state index contributed by atoms with van der Waals surface area (Å²) in [6, 6.07) is 2.04. The molecule has 0 aromatic carbocycles. The largest absolute Gasteiger partial charge is 0.351 e. The molecule has 6 heteroatoms. The molecule has 2 amide bonds. The molecule has 2 aliphatic rings. The van der Waals surface area contributed by atoms with Gasteiger partial charge >= 0.3 is 0 Å². The van der Waals surface area contributed by atoms with Crippen molar-refractivity contribution in [2.75, 3.05) is 0 Å². The summed E-state index contributed by atoms with van der Waals surface area (Å²) in [6.45, 7) is 4.51. The maximum absolute atomic E-state index is 12.1. The zero-order valence-corrected chi connectivity index (χ0v) is 14.0. The van der Waals surface area contributed by atoms with E-state index in [2.05, 4.69) is 15.7 Å². The Bertz CT molecular complexity index is 564. The highest BCUT2D eigenvalue weighted by Gasteiger charge is 2.27. The minimum absolute atomic E-state index is 0.0988. The Morgan fingerprint density at radius 2 is 2.09 bits per heavy atom. The van der Waals surface area contributed by atoms with Gasteiger partial charge in [0.15, 0.2) is 0 Å². The maximum atomic E-state index is 12.1. The Balaban J connectivity index is 1.50. The molecule has 1 saturated carbocycles. The van der Waals surface area contributed by atoms with E-state index in [4.69, 9.17) is 0 Å². The van der Waals surface area contributed by atoms with Crippen LogP contribution in [0.3, 0.4) is 0 Å². The van der Waals surface area contributed by atoms with Gasteiger partial charge in [-0.15, -0.1) is 0 Å². The summed E-state index contributed by atoms with van der Waals surface area (Å²) >= 11 is 0. The van der Waals surface area contributed by atoms with Gasteiger partial charge in [0.1, 0.15) is 5.69 Å². The van der Waals surface area contributed by atoms with Crippen LogP contribution in [0.4, 0.5) is 0 Å². The van der Waals surface area contributed by atoms with Crippen molar-refractivity contribution < 1.29 is 9.59 Å². The van der Waals surface area contributed by atoms with Crippen LogP contribution in [-0.2, 0) is 17.8 Å². The molecule has 1 aliphatic heterocycles. The second kappa shape index (κ2) is 6.72. The fraction of sp³-hybridized carbons (Fsp3) is 0.706. The quantitative estimate of drug-likeness (QED) is 0.866. The number of nitrogens with one attached hydrogen (secondary N) is 2. The summed E-state index contributed by atoms with van der Waals surface area (Å²) in [5.41, 5.74) is 1.48. The first-order valence-electron chi connectivity index (χ1n) is 8.68. The number of aromatic nitrogens is 2. The van der Waals surface area contributed by atoms with Crippen LogP contribution in [0.1, 0.15) is 62.1 Å². The standard InChI is InChI=1S/C17H26N4O2/c1-11(2)18-17(23)15-9-14-8-13(10-21(14)20-15)19-16(22)7-12-5-3-4-6-12/h9,11-13H,3-8,10H2,1-2H3,(H,18,23)(H,19,22)/t13-/m0/s1. The van der Waals surface area contributed by atoms with Crippen molar-refractivity contribution in [1.82, 2.24) is 20.4 Å². The second-order valence-electron chi connectivity index (χ2n) is 7.15. The number of fused-ring (bicyclic) bond motifs is 1. The Morgan fingerprint density at radius 1 is 1.35 bits per heavy atom. The molecule has 126 valence electrons. The van der Waals surface area contributed by atoms with Crippen LogP contribution in [0.15, 0.2) is 6.07 Å². The molecule has 1 aromatic rings. The van der Waals surface area contributed by atoms with Crippen molar-refractivity contribution in [2.45, 2.75) is 71.0 Å². The number of nitrogens with zero attached hydrogens (tertiary/aromatic N) is 2. The highest BCUT2D eigenvalue weighted by atomic mass is 16.2. The zero-order valence-electron chi connectivity index (χ0n) is 14.0. The van der Waals surface area contributed by atoms with Gasteiger partial charge in [-0.05, 0) is 38.7 Å². The average molecular weight is 318 g/mol. The first-order valence-corrected chi connectivity index (χ1v) is 8.68. The van der Waals surface area contributed by atoms with Crippen molar-refractivity contribution >= 4 is 11.8 Å². The van der Waals surface area contributed by atoms with Crippen molar-refractivity contribution in [3.8, 4) is 0 Å². The Hall–Kier alpha value is -1.85. The van der Waals surface area contributed by atoms with Crippen molar-refractivity contribution in [2.24, 2.45) is 5.92 Å². The number of carbonyl (C=O) groups is 2. The van der Waals surface area contributed by atoms with Gasteiger partial charge in [0.25, 0.3) is 5.91 Å². The topological polar surface area (TPSA) is 76.0 Å². The van der Waals surface area contributed by atoms with Gasteiger partial charge in [0.2, 0.25) is 5.91 Å². The lowest BCUT2D eigenvalue weighted by Gasteiger charge is -2.14. The minimum Gasteiger partial charge on any atom is -0.351 e. The van der Waals surface area contributed by atoms with E-state index in [1.54, 1.807) is 0 Å². The predicted octanol–water partition coefficient (Wildman–Crippen LogP) is 1.64. The highest BCUT2D eigenvalue weighted by molar-refractivity contribution is 5.92. The van der Waals surface area contributed by atoms with Crippen LogP contribution >= 0.6 is 0 Å².